The van der Waals surface area contributed by atoms with E-state index in [2.05, 4.69) is 4.98 Å². The van der Waals surface area contributed by atoms with Crippen molar-refractivity contribution >= 4 is 16.9 Å². The molecule has 1 heterocycles. The van der Waals surface area contributed by atoms with E-state index >= 15 is 0 Å². The fourth-order valence-electron chi connectivity index (χ4n) is 2.01. The summed E-state index contributed by atoms with van der Waals surface area (Å²) < 4.78 is 4.72. The van der Waals surface area contributed by atoms with Crippen molar-refractivity contribution in [2.75, 3.05) is 7.11 Å². The van der Waals surface area contributed by atoms with E-state index < -0.39 is 11.5 Å². The fourth-order valence-corrected chi connectivity index (χ4v) is 2.01. The molecule has 18 heavy (non-hydrogen) atoms. The predicted octanol–water partition coefficient (Wildman–Crippen LogP) is 1.67. The van der Waals surface area contributed by atoms with Crippen molar-refractivity contribution in [2.24, 2.45) is 5.73 Å². The minimum atomic E-state index is -1.03. The van der Waals surface area contributed by atoms with E-state index in [4.69, 9.17) is 10.5 Å². The van der Waals surface area contributed by atoms with Gasteiger partial charge in [0.15, 0.2) is 0 Å². The molecular weight excluding hydrogens is 228 g/mol. The zero-order valence-corrected chi connectivity index (χ0v) is 10.5. The van der Waals surface area contributed by atoms with Crippen molar-refractivity contribution in [3.63, 3.8) is 0 Å². The number of ether oxygens (including phenoxy) is 1. The van der Waals surface area contributed by atoms with Gasteiger partial charge in [0, 0.05) is 18.0 Å². The Bertz CT molecular complexity index is 574. The molecule has 1 atom stereocenters. The van der Waals surface area contributed by atoms with Gasteiger partial charge in [0.05, 0.1) is 12.6 Å². The second-order valence-corrected chi connectivity index (χ2v) is 4.57. The lowest BCUT2D eigenvalue weighted by Crippen LogP contribution is -2.47. The Labute approximate surface area is 106 Å². The summed E-state index contributed by atoms with van der Waals surface area (Å²) in [4.78, 5) is 15.9. The van der Waals surface area contributed by atoms with E-state index in [1.807, 2.05) is 30.3 Å². The number of para-hydroxylation sites is 1. The minimum absolute atomic E-state index is 0.414. The maximum atomic E-state index is 11.6. The molecule has 0 bridgehead atoms. The van der Waals surface area contributed by atoms with Crippen LogP contribution in [-0.4, -0.2) is 23.6 Å². The van der Waals surface area contributed by atoms with Crippen LogP contribution in [0.4, 0.5) is 0 Å². The SMILES string of the molecule is COC(=O)C(C)(N)Cc1ccnc2ccccc12. The van der Waals surface area contributed by atoms with Gasteiger partial charge in [0.25, 0.3) is 0 Å². The summed E-state index contributed by atoms with van der Waals surface area (Å²) in [5.41, 5.74) is 6.87. The number of fused-ring (bicyclic) bond motifs is 1. The lowest BCUT2D eigenvalue weighted by Gasteiger charge is -2.22. The third-order valence-electron chi connectivity index (χ3n) is 2.95. The van der Waals surface area contributed by atoms with Crippen LogP contribution >= 0.6 is 0 Å². The van der Waals surface area contributed by atoms with Crippen LogP contribution in [0.3, 0.4) is 0 Å². The highest BCUT2D eigenvalue weighted by Gasteiger charge is 2.30. The van der Waals surface area contributed by atoms with Crippen molar-refractivity contribution in [1.29, 1.82) is 0 Å². The number of esters is 1. The Morgan fingerprint density at radius 1 is 1.39 bits per heavy atom. The third-order valence-corrected chi connectivity index (χ3v) is 2.95. The number of carbonyl (C=O) groups excluding carboxylic acids is 1. The zero-order valence-electron chi connectivity index (χ0n) is 10.5. The Balaban J connectivity index is 2.41. The average molecular weight is 244 g/mol. The molecule has 0 aliphatic rings. The summed E-state index contributed by atoms with van der Waals surface area (Å²) in [7, 11) is 1.35. The summed E-state index contributed by atoms with van der Waals surface area (Å²) in [5.74, 6) is -0.414. The van der Waals surface area contributed by atoms with Gasteiger partial charge in [-0.3, -0.25) is 9.78 Å². The molecule has 1 unspecified atom stereocenters. The second-order valence-electron chi connectivity index (χ2n) is 4.57. The van der Waals surface area contributed by atoms with E-state index in [9.17, 15) is 4.79 Å². The molecular formula is C14H16N2O2. The number of carbonyl (C=O) groups is 1. The van der Waals surface area contributed by atoms with Crippen molar-refractivity contribution < 1.29 is 9.53 Å². The number of nitrogens with two attached hydrogens (primary N) is 1. The van der Waals surface area contributed by atoms with Crippen molar-refractivity contribution in [1.82, 2.24) is 4.98 Å². The van der Waals surface area contributed by atoms with Crippen LogP contribution in [0.2, 0.25) is 0 Å². The van der Waals surface area contributed by atoms with Crippen LogP contribution in [0.15, 0.2) is 36.5 Å². The Morgan fingerprint density at radius 3 is 2.83 bits per heavy atom. The van der Waals surface area contributed by atoms with Gasteiger partial charge in [-0.1, -0.05) is 18.2 Å². The molecule has 94 valence electrons. The number of pyridine rings is 1. The molecule has 0 aliphatic heterocycles. The Hall–Kier alpha value is -1.94. The summed E-state index contributed by atoms with van der Waals surface area (Å²) >= 11 is 0. The zero-order chi connectivity index (χ0) is 13.2. The predicted molar refractivity (Wildman–Crippen MR) is 70.1 cm³/mol. The maximum Gasteiger partial charge on any atom is 0.325 e. The number of hydrogen-bond acceptors (Lipinski definition) is 4. The standard InChI is InChI=1S/C14H16N2O2/c1-14(15,13(17)18-2)9-10-7-8-16-12-6-4-3-5-11(10)12/h3-8H,9,15H2,1-2H3. The molecule has 0 saturated heterocycles. The maximum absolute atomic E-state index is 11.6. The molecule has 2 N–H and O–H groups in total. The Kier molecular flexibility index (Phi) is 3.30. The van der Waals surface area contributed by atoms with Gasteiger partial charge < -0.3 is 10.5 Å². The first-order valence-corrected chi connectivity index (χ1v) is 5.74. The molecule has 0 aliphatic carbocycles. The van der Waals surface area contributed by atoms with Crippen LogP contribution in [0.25, 0.3) is 10.9 Å². The van der Waals surface area contributed by atoms with Gasteiger partial charge in [0.2, 0.25) is 0 Å². The van der Waals surface area contributed by atoms with Gasteiger partial charge >= 0.3 is 5.97 Å². The topological polar surface area (TPSA) is 65.2 Å². The van der Waals surface area contributed by atoms with E-state index in [1.165, 1.54) is 7.11 Å². The molecule has 2 aromatic rings. The molecule has 0 spiro atoms. The molecule has 4 heteroatoms. The first-order chi connectivity index (χ1) is 8.54. The van der Waals surface area contributed by atoms with Gasteiger partial charge in [-0.05, 0) is 24.6 Å². The van der Waals surface area contributed by atoms with Gasteiger partial charge in [-0.2, -0.15) is 0 Å². The van der Waals surface area contributed by atoms with E-state index in [1.54, 1.807) is 13.1 Å². The van der Waals surface area contributed by atoms with Gasteiger partial charge in [0.1, 0.15) is 5.54 Å². The molecule has 4 nitrogen and oxygen atoms in total. The van der Waals surface area contributed by atoms with E-state index in [0.29, 0.717) is 6.42 Å². The monoisotopic (exact) mass is 244 g/mol. The van der Waals surface area contributed by atoms with Crippen molar-refractivity contribution in [3.8, 4) is 0 Å². The molecule has 0 fully saturated rings. The summed E-state index contributed by atoms with van der Waals surface area (Å²) in [6.07, 6.45) is 2.15. The summed E-state index contributed by atoms with van der Waals surface area (Å²) in [6.45, 7) is 1.67. The summed E-state index contributed by atoms with van der Waals surface area (Å²) in [5, 5.41) is 1.01. The van der Waals surface area contributed by atoms with Crippen molar-refractivity contribution in [2.45, 2.75) is 18.9 Å². The van der Waals surface area contributed by atoms with Crippen LogP contribution in [0, 0.1) is 0 Å². The van der Waals surface area contributed by atoms with E-state index in [0.717, 1.165) is 16.5 Å². The quantitative estimate of drug-likeness (QED) is 0.834. The summed E-state index contributed by atoms with van der Waals surface area (Å²) in [6, 6.07) is 9.67. The average Bonchev–Trinajstić information content (AvgIpc) is 2.38. The molecule has 0 amide bonds. The van der Waals surface area contributed by atoms with E-state index in [-0.39, 0.29) is 0 Å². The number of hydrogen-bond donors (Lipinski definition) is 1. The highest BCUT2D eigenvalue weighted by molar-refractivity contribution is 5.85. The molecule has 0 radical (unpaired) electrons. The second kappa shape index (κ2) is 4.74. The fraction of sp³-hybridized carbons (Fsp3) is 0.286. The number of rotatable bonds is 3. The van der Waals surface area contributed by atoms with Crippen LogP contribution in [-0.2, 0) is 16.0 Å². The number of nitrogens with zero attached hydrogens (tertiary/aromatic N) is 1. The minimum Gasteiger partial charge on any atom is -0.468 e. The molecule has 1 aromatic heterocycles. The first-order valence-electron chi connectivity index (χ1n) is 5.74. The third kappa shape index (κ3) is 2.33. The Morgan fingerprint density at radius 2 is 2.11 bits per heavy atom. The normalized spacial score (nSPS) is 14.2. The van der Waals surface area contributed by atoms with Crippen LogP contribution in [0.5, 0.6) is 0 Å². The smallest absolute Gasteiger partial charge is 0.325 e. The highest BCUT2D eigenvalue weighted by Crippen LogP contribution is 2.20. The number of aromatic nitrogens is 1. The van der Waals surface area contributed by atoms with Gasteiger partial charge in [-0.15, -0.1) is 0 Å². The van der Waals surface area contributed by atoms with Gasteiger partial charge in [-0.25, -0.2) is 0 Å². The van der Waals surface area contributed by atoms with Crippen LogP contribution in [0.1, 0.15) is 12.5 Å². The van der Waals surface area contributed by atoms with Crippen molar-refractivity contribution in [3.05, 3.63) is 42.1 Å². The number of methoxy groups -OCH3 is 1. The molecule has 0 saturated carbocycles. The highest BCUT2D eigenvalue weighted by atomic mass is 16.5. The lowest BCUT2D eigenvalue weighted by molar-refractivity contribution is -0.146. The van der Waals surface area contributed by atoms with Crippen LogP contribution < -0.4 is 5.73 Å². The first kappa shape index (κ1) is 12.5. The molecule has 1 aromatic carbocycles. The molecule has 2 rings (SSSR count). The number of benzene rings is 1. The lowest BCUT2D eigenvalue weighted by atomic mass is 9.92. The largest absolute Gasteiger partial charge is 0.468 e.